The van der Waals surface area contributed by atoms with Crippen LogP contribution in [0.2, 0.25) is 0 Å². The van der Waals surface area contributed by atoms with Crippen LogP contribution in [0.1, 0.15) is 23.7 Å². The highest BCUT2D eigenvalue weighted by atomic mass is 32.2. The molecule has 25 heavy (non-hydrogen) atoms. The summed E-state index contributed by atoms with van der Waals surface area (Å²) >= 11 is 0. The van der Waals surface area contributed by atoms with E-state index in [0.29, 0.717) is 11.4 Å². The van der Waals surface area contributed by atoms with Crippen molar-refractivity contribution in [3.05, 3.63) is 47.7 Å². The maximum Gasteiger partial charge on any atom is 0.267 e. The van der Waals surface area contributed by atoms with Crippen LogP contribution in [-0.4, -0.2) is 23.1 Å². The second kappa shape index (κ2) is 5.73. The summed E-state index contributed by atoms with van der Waals surface area (Å²) < 4.78 is 34.8. The summed E-state index contributed by atoms with van der Waals surface area (Å²) in [5.41, 5.74) is 2.91. The number of anilines is 1. The van der Waals surface area contributed by atoms with Gasteiger partial charge in [-0.1, -0.05) is 17.3 Å². The van der Waals surface area contributed by atoms with Crippen molar-refractivity contribution in [3.8, 4) is 11.3 Å². The third kappa shape index (κ3) is 2.72. The predicted octanol–water partition coefficient (Wildman–Crippen LogP) is 2.90. The lowest BCUT2D eigenvalue weighted by molar-refractivity contribution is 0.390. The van der Waals surface area contributed by atoms with Gasteiger partial charge in [-0.05, 0) is 38.0 Å². The first-order valence-corrected chi connectivity index (χ1v) is 9.54. The Balaban J connectivity index is 1.61. The van der Waals surface area contributed by atoms with Crippen LogP contribution in [0.5, 0.6) is 0 Å². The van der Waals surface area contributed by atoms with E-state index in [4.69, 9.17) is 4.52 Å². The summed E-state index contributed by atoms with van der Waals surface area (Å²) in [4.78, 5) is 4.53. The molecule has 0 bridgehead atoms. The molecular formula is C17H18N4O3S. The molecule has 0 amide bonds. The minimum absolute atomic E-state index is 0.0881. The van der Waals surface area contributed by atoms with Gasteiger partial charge in [0.1, 0.15) is 11.5 Å². The SMILES string of the molecule is Cc1noc(C)c1S(=O)(=O)Nc1ccc(-c2cnc3n2CCC3)cc1. The zero-order valence-corrected chi connectivity index (χ0v) is 14.8. The monoisotopic (exact) mass is 358 g/mol. The lowest BCUT2D eigenvalue weighted by Gasteiger charge is -2.09. The first kappa shape index (κ1) is 15.9. The molecule has 0 aliphatic carbocycles. The van der Waals surface area contributed by atoms with E-state index in [9.17, 15) is 8.42 Å². The van der Waals surface area contributed by atoms with Crippen LogP contribution in [0, 0.1) is 13.8 Å². The van der Waals surface area contributed by atoms with E-state index in [1.165, 1.54) is 0 Å². The molecule has 1 N–H and O–H groups in total. The summed E-state index contributed by atoms with van der Waals surface area (Å²) in [7, 11) is -3.73. The molecule has 8 heteroatoms. The maximum absolute atomic E-state index is 12.5. The van der Waals surface area contributed by atoms with Crippen molar-refractivity contribution in [1.29, 1.82) is 0 Å². The second-order valence-electron chi connectivity index (χ2n) is 6.15. The molecule has 3 aromatic rings. The minimum Gasteiger partial charge on any atom is -0.360 e. The number of nitrogens with one attached hydrogen (secondary N) is 1. The van der Waals surface area contributed by atoms with Crippen molar-refractivity contribution in [2.75, 3.05) is 4.72 Å². The highest BCUT2D eigenvalue weighted by molar-refractivity contribution is 7.92. The number of hydrogen-bond donors (Lipinski definition) is 1. The fraction of sp³-hybridized carbons (Fsp3) is 0.294. The fourth-order valence-electron chi connectivity index (χ4n) is 3.26. The van der Waals surface area contributed by atoms with Crippen LogP contribution >= 0.6 is 0 Å². The lowest BCUT2D eigenvalue weighted by Crippen LogP contribution is -2.14. The average molecular weight is 358 g/mol. The number of rotatable bonds is 4. The molecule has 0 saturated heterocycles. The van der Waals surface area contributed by atoms with Gasteiger partial charge >= 0.3 is 0 Å². The van der Waals surface area contributed by atoms with Crippen LogP contribution < -0.4 is 4.72 Å². The van der Waals surface area contributed by atoms with Crippen LogP contribution in [0.3, 0.4) is 0 Å². The lowest BCUT2D eigenvalue weighted by atomic mass is 10.1. The number of benzene rings is 1. The van der Waals surface area contributed by atoms with E-state index in [1.54, 1.807) is 26.0 Å². The first-order valence-electron chi connectivity index (χ1n) is 8.06. The number of hydrogen-bond acceptors (Lipinski definition) is 5. The number of aryl methyl sites for hydroxylation is 3. The van der Waals surface area contributed by atoms with Crippen molar-refractivity contribution in [2.24, 2.45) is 0 Å². The van der Waals surface area contributed by atoms with E-state index in [2.05, 4.69) is 19.4 Å². The Bertz CT molecular complexity index is 1010. The average Bonchev–Trinajstić information content (AvgIpc) is 3.24. The van der Waals surface area contributed by atoms with Gasteiger partial charge in [0.25, 0.3) is 10.0 Å². The van der Waals surface area contributed by atoms with Crippen LogP contribution in [0.4, 0.5) is 5.69 Å². The first-order chi connectivity index (χ1) is 12.0. The Labute approximate surface area is 145 Å². The van der Waals surface area contributed by atoms with Crippen molar-refractivity contribution in [1.82, 2.24) is 14.7 Å². The highest BCUT2D eigenvalue weighted by Crippen LogP contribution is 2.28. The van der Waals surface area contributed by atoms with Gasteiger partial charge in [-0.2, -0.15) is 0 Å². The molecular weight excluding hydrogens is 340 g/mol. The van der Waals surface area contributed by atoms with E-state index in [1.807, 2.05) is 18.3 Å². The molecule has 0 atom stereocenters. The molecule has 7 nitrogen and oxygen atoms in total. The van der Waals surface area contributed by atoms with Gasteiger partial charge in [0.2, 0.25) is 0 Å². The Morgan fingerprint density at radius 3 is 2.64 bits per heavy atom. The summed E-state index contributed by atoms with van der Waals surface area (Å²) in [6, 6.07) is 7.29. The summed E-state index contributed by atoms with van der Waals surface area (Å²) in [5, 5.41) is 3.70. The van der Waals surface area contributed by atoms with Gasteiger partial charge in [-0.15, -0.1) is 0 Å². The van der Waals surface area contributed by atoms with E-state index < -0.39 is 10.0 Å². The smallest absolute Gasteiger partial charge is 0.267 e. The van der Waals surface area contributed by atoms with Crippen molar-refractivity contribution in [3.63, 3.8) is 0 Å². The third-order valence-electron chi connectivity index (χ3n) is 4.39. The molecule has 0 saturated carbocycles. The molecule has 0 fully saturated rings. The normalized spacial score (nSPS) is 13.8. The number of aromatic nitrogens is 3. The van der Waals surface area contributed by atoms with Crippen LogP contribution in [-0.2, 0) is 23.0 Å². The standard InChI is InChI=1S/C17H18N4O3S/c1-11-17(12(2)24-19-11)25(22,23)20-14-7-5-13(6-8-14)15-10-18-16-4-3-9-21(15)16/h5-8,10,20H,3-4,9H2,1-2H3. The molecule has 2 aromatic heterocycles. The molecule has 0 spiro atoms. The van der Waals surface area contributed by atoms with Gasteiger partial charge in [0.15, 0.2) is 10.7 Å². The van der Waals surface area contributed by atoms with Crippen molar-refractivity contribution in [2.45, 2.75) is 38.1 Å². The summed E-state index contributed by atoms with van der Waals surface area (Å²) in [5.74, 6) is 1.38. The maximum atomic E-state index is 12.5. The topological polar surface area (TPSA) is 90.0 Å². The predicted molar refractivity (Wildman–Crippen MR) is 92.8 cm³/mol. The number of fused-ring (bicyclic) bond motifs is 1. The zero-order chi connectivity index (χ0) is 17.6. The molecule has 4 rings (SSSR count). The molecule has 130 valence electrons. The number of imidazole rings is 1. The zero-order valence-electron chi connectivity index (χ0n) is 14.0. The van der Waals surface area contributed by atoms with E-state index in [-0.39, 0.29) is 10.7 Å². The largest absolute Gasteiger partial charge is 0.360 e. The quantitative estimate of drug-likeness (QED) is 0.774. The fourth-order valence-corrected chi connectivity index (χ4v) is 4.65. The summed E-state index contributed by atoms with van der Waals surface area (Å²) in [6.07, 6.45) is 4.00. The molecule has 1 aromatic carbocycles. The number of sulfonamides is 1. The molecule has 1 aliphatic heterocycles. The van der Waals surface area contributed by atoms with Gasteiger partial charge < -0.3 is 9.09 Å². The number of nitrogens with zero attached hydrogens (tertiary/aromatic N) is 3. The molecule has 3 heterocycles. The van der Waals surface area contributed by atoms with Crippen molar-refractivity contribution < 1.29 is 12.9 Å². The van der Waals surface area contributed by atoms with E-state index in [0.717, 1.165) is 36.5 Å². The van der Waals surface area contributed by atoms with Gasteiger partial charge in [-0.25, -0.2) is 13.4 Å². The Kier molecular flexibility index (Phi) is 3.64. The van der Waals surface area contributed by atoms with Crippen molar-refractivity contribution >= 4 is 15.7 Å². The van der Waals surface area contributed by atoms with Gasteiger partial charge in [0, 0.05) is 18.7 Å². The third-order valence-corrected chi connectivity index (χ3v) is 6.01. The van der Waals surface area contributed by atoms with Crippen LogP contribution in [0.15, 0.2) is 39.9 Å². The molecule has 1 aliphatic rings. The Morgan fingerprint density at radius 2 is 1.96 bits per heavy atom. The van der Waals surface area contributed by atoms with Gasteiger partial charge in [0.05, 0.1) is 11.9 Å². The highest BCUT2D eigenvalue weighted by Gasteiger charge is 2.24. The van der Waals surface area contributed by atoms with Crippen LogP contribution in [0.25, 0.3) is 11.3 Å². The van der Waals surface area contributed by atoms with E-state index >= 15 is 0 Å². The van der Waals surface area contributed by atoms with Gasteiger partial charge in [-0.3, -0.25) is 4.72 Å². The Morgan fingerprint density at radius 1 is 1.20 bits per heavy atom. The molecule has 0 radical (unpaired) electrons. The molecule has 0 unspecified atom stereocenters. The summed E-state index contributed by atoms with van der Waals surface area (Å²) in [6.45, 7) is 4.16. The Hall–Kier alpha value is -2.61. The second-order valence-corrected chi connectivity index (χ2v) is 7.77. The minimum atomic E-state index is -3.73.